The molecule has 0 aromatic heterocycles. The largest absolute Gasteiger partial charge is 0.207 e. The van der Waals surface area contributed by atoms with Gasteiger partial charge in [0.1, 0.15) is 23.3 Å². The summed E-state index contributed by atoms with van der Waals surface area (Å²) in [6, 6.07) is 6.38. The summed E-state index contributed by atoms with van der Waals surface area (Å²) in [5.74, 6) is -4.02. The van der Waals surface area contributed by atoms with Gasteiger partial charge in [0.2, 0.25) is 0 Å². The summed E-state index contributed by atoms with van der Waals surface area (Å²) in [7, 11) is 0. The lowest BCUT2D eigenvalue weighted by Crippen LogP contribution is -2.04. The molecule has 18 heavy (non-hydrogen) atoms. The molecule has 0 spiro atoms. The normalized spacial score (nSPS) is 12.5. The van der Waals surface area contributed by atoms with Crippen LogP contribution in [-0.2, 0) is 0 Å². The third-order valence-electron chi connectivity index (χ3n) is 2.48. The van der Waals surface area contributed by atoms with E-state index in [4.69, 9.17) is 11.6 Å². The maximum atomic E-state index is 13.5. The molecule has 1 atom stereocenters. The van der Waals surface area contributed by atoms with Crippen LogP contribution in [0.4, 0.5) is 17.6 Å². The van der Waals surface area contributed by atoms with E-state index in [1.165, 1.54) is 18.2 Å². The minimum atomic E-state index is -1.35. The molecule has 2 aromatic rings. The summed E-state index contributed by atoms with van der Waals surface area (Å²) in [5.41, 5.74) is -0.633. The first-order valence-electron chi connectivity index (χ1n) is 5.03. The quantitative estimate of drug-likeness (QED) is 0.556. The summed E-state index contributed by atoms with van der Waals surface area (Å²) >= 11 is 5.86. The first-order chi connectivity index (χ1) is 8.50. The van der Waals surface area contributed by atoms with Crippen molar-refractivity contribution in [2.75, 3.05) is 0 Å². The van der Waals surface area contributed by atoms with Crippen LogP contribution in [0.15, 0.2) is 36.4 Å². The predicted molar refractivity (Wildman–Crippen MR) is 60.4 cm³/mol. The van der Waals surface area contributed by atoms with Crippen molar-refractivity contribution >= 4 is 11.6 Å². The van der Waals surface area contributed by atoms with E-state index < -0.39 is 34.2 Å². The lowest BCUT2D eigenvalue weighted by Gasteiger charge is -2.13. The molecule has 0 aliphatic rings. The molecule has 2 rings (SSSR count). The lowest BCUT2D eigenvalue weighted by molar-refractivity contribution is 0.523. The van der Waals surface area contributed by atoms with E-state index in [-0.39, 0.29) is 5.56 Å². The number of halogens is 5. The molecule has 0 fully saturated rings. The van der Waals surface area contributed by atoms with Crippen LogP contribution in [0, 0.1) is 23.3 Å². The van der Waals surface area contributed by atoms with Gasteiger partial charge in [0.25, 0.3) is 0 Å². The molecule has 0 saturated carbocycles. The highest BCUT2D eigenvalue weighted by Crippen LogP contribution is 2.34. The Bertz CT molecular complexity index is 560. The minimum absolute atomic E-state index is 0.0661. The van der Waals surface area contributed by atoms with E-state index >= 15 is 0 Å². The fourth-order valence-electron chi connectivity index (χ4n) is 1.63. The Morgan fingerprint density at radius 3 is 1.94 bits per heavy atom. The number of hydrogen-bond acceptors (Lipinski definition) is 0. The number of benzene rings is 2. The maximum Gasteiger partial charge on any atom is 0.134 e. The summed E-state index contributed by atoms with van der Waals surface area (Å²) in [6.07, 6.45) is 0. The van der Waals surface area contributed by atoms with Crippen LogP contribution in [0.25, 0.3) is 0 Å². The van der Waals surface area contributed by atoms with Gasteiger partial charge >= 0.3 is 0 Å². The third kappa shape index (κ3) is 2.34. The Kier molecular flexibility index (Phi) is 3.57. The molecular formula is C13H7ClF4. The zero-order valence-electron chi connectivity index (χ0n) is 8.93. The van der Waals surface area contributed by atoms with Crippen LogP contribution in [0.2, 0.25) is 0 Å². The molecule has 94 valence electrons. The molecule has 0 saturated heterocycles. The highest BCUT2D eigenvalue weighted by Gasteiger charge is 2.23. The van der Waals surface area contributed by atoms with Crippen molar-refractivity contribution in [3.8, 4) is 0 Å². The van der Waals surface area contributed by atoms with Crippen LogP contribution in [0.5, 0.6) is 0 Å². The molecular weight excluding hydrogens is 268 g/mol. The molecule has 0 heterocycles. The van der Waals surface area contributed by atoms with Gasteiger partial charge in [-0.1, -0.05) is 18.2 Å². The molecule has 0 N–H and O–H groups in total. The number of hydrogen-bond donors (Lipinski definition) is 0. The van der Waals surface area contributed by atoms with Crippen LogP contribution in [-0.4, -0.2) is 0 Å². The van der Waals surface area contributed by atoms with E-state index in [1.54, 1.807) is 0 Å². The molecule has 0 amide bonds. The fourth-order valence-corrected chi connectivity index (χ4v) is 2.02. The van der Waals surface area contributed by atoms with E-state index in [0.29, 0.717) is 12.1 Å². The first-order valence-corrected chi connectivity index (χ1v) is 5.47. The van der Waals surface area contributed by atoms with E-state index in [1.807, 2.05) is 0 Å². The Balaban J connectivity index is 2.53. The molecule has 2 aromatic carbocycles. The molecule has 0 radical (unpaired) electrons. The number of alkyl halides is 1. The second kappa shape index (κ2) is 4.98. The molecule has 5 heteroatoms. The van der Waals surface area contributed by atoms with Gasteiger partial charge in [0.15, 0.2) is 0 Å². The Labute approximate surface area is 106 Å². The summed E-state index contributed by atoms with van der Waals surface area (Å²) in [4.78, 5) is 0. The average Bonchev–Trinajstić information content (AvgIpc) is 2.27. The standard InChI is InChI=1S/C13H7ClF4/c14-13(8-3-1-2-4-9(8)16)12-10(17)5-7(15)6-11(12)18/h1-6,13H. The third-order valence-corrected chi connectivity index (χ3v) is 2.93. The topological polar surface area (TPSA) is 0 Å². The lowest BCUT2D eigenvalue weighted by atomic mass is 10.0. The van der Waals surface area contributed by atoms with E-state index in [0.717, 1.165) is 6.07 Å². The fraction of sp³-hybridized carbons (Fsp3) is 0.0769. The second-order valence-electron chi connectivity index (χ2n) is 3.67. The molecule has 0 nitrogen and oxygen atoms in total. The average molecular weight is 275 g/mol. The van der Waals surface area contributed by atoms with Crippen molar-refractivity contribution in [1.29, 1.82) is 0 Å². The van der Waals surface area contributed by atoms with Gasteiger partial charge in [0.05, 0.1) is 5.38 Å². The van der Waals surface area contributed by atoms with Gasteiger partial charge in [-0.05, 0) is 6.07 Å². The van der Waals surface area contributed by atoms with Crippen LogP contribution < -0.4 is 0 Å². The van der Waals surface area contributed by atoms with Crippen molar-refractivity contribution in [3.05, 3.63) is 70.8 Å². The molecule has 0 aliphatic carbocycles. The summed E-state index contributed by atoms with van der Waals surface area (Å²) in [5, 5.41) is -1.35. The second-order valence-corrected chi connectivity index (χ2v) is 4.10. The Morgan fingerprint density at radius 1 is 0.833 bits per heavy atom. The Morgan fingerprint density at radius 2 is 1.39 bits per heavy atom. The van der Waals surface area contributed by atoms with Gasteiger partial charge in [0, 0.05) is 23.3 Å². The highest BCUT2D eigenvalue weighted by molar-refractivity contribution is 6.22. The van der Waals surface area contributed by atoms with E-state index in [9.17, 15) is 17.6 Å². The predicted octanol–water partition coefficient (Wildman–Crippen LogP) is 4.57. The van der Waals surface area contributed by atoms with Crippen molar-refractivity contribution in [2.24, 2.45) is 0 Å². The van der Waals surface area contributed by atoms with Crippen LogP contribution in [0.1, 0.15) is 16.5 Å². The van der Waals surface area contributed by atoms with Crippen molar-refractivity contribution in [1.82, 2.24) is 0 Å². The first kappa shape index (κ1) is 12.9. The van der Waals surface area contributed by atoms with Gasteiger partial charge in [-0.3, -0.25) is 0 Å². The highest BCUT2D eigenvalue weighted by atomic mass is 35.5. The van der Waals surface area contributed by atoms with E-state index in [2.05, 4.69) is 0 Å². The van der Waals surface area contributed by atoms with Crippen LogP contribution >= 0.6 is 11.6 Å². The summed E-state index contributed by atoms with van der Waals surface area (Å²) in [6.45, 7) is 0. The van der Waals surface area contributed by atoms with Crippen molar-refractivity contribution < 1.29 is 17.6 Å². The SMILES string of the molecule is Fc1cc(F)c(C(Cl)c2ccccc2F)c(F)c1. The van der Waals surface area contributed by atoms with Gasteiger partial charge < -0.3 is 0 Å². The molecule has 0 bridgehead atoms. The van der Waals surface area contributed by atoms with Crippen molar-refractivity contribution in [2.45, 2.75) is 5.38 Å². The monoisotopic (exact) mass is 274 g/mol. The number of rotatable bonds is 2. The zero-order valence-corrected chi connectivity index (χ0v) is 9.69. The summed E-state index contributed by atoms with van der Waals surface area (Å²) < 4.78 is 53.2. The smallest absolute Gasteiger partial charge is 0.134 e. The van der Waals surface area contributed by atoms with Gasteiger partial charge in [-0.25, -0.2) is 17.6 Å². The Hall–Kier alpha value is -1.55. The van der Waals surface area contributed by atoms with Gasteiger partial charge in [-0.2, -0.15) is 0 Å². The van der Waals surface area contributed by atoms with Gasteiger partial charge in [-0.15, -0.1) is 11.6 Å². The minimum Gasteiger partial charge on any atom is -0.207 e. The molecule has 0 aliphatic heterocycles. The maximum absolute atomic E-state index is 13.5. The van der Waals surface area contributed by atoms with Crippen LogP contribution in [0.3, 0.4) is 0 Å². The van der Waals surface area contributed by atoms with Crippen molar-refractivity contribution in [3.63, 3.8) is 0 Å². The molecule has 1 unspecified atom stereocenters. The zero-order chi connectivity index (χ0) is 13.3.